The average molecular weight is 427 g/mol. The second-order valence-electron chi connectivity index (χ2n) is 8.06. The summed E-state index contributed by atoms with van der Waals surface area (Å²) in [5, 5.41) is 0. The van der Waals surface area contributed by atoms with E-state index in [1.807, 2.05) is 18.2 Å². The first-order valence-corrected chi connectivity index (χ1v) is 13.3. The van der Waals surface area contributed by atoms with Gasteiger partial charge >= 0.3 is 0 Å². The lowest BCUT2D eigenvalue weighted by Crippen LogP contribution is -2.06. The van der Waals surface area contributed by atoms with Gasteiger partial charge in [0.1, 0.15) is 5.75 Å². The first-order chi connectivity index (χ1) is 14.0. The lowest BCUT2D eigenvalue weighted by atomic mass is 9.99. The van der Waals surface area contributed by atoms with E-state index < -0.39 is 10.1 Å². The van der Waals surface area contributed by atoms with E-state index in [4.69, 9.17) is 8.92 Å². The van der Waals surface area contributed by atoms with Crippen molar-refractivity contribution >= 4 is 10.1 Å². The Bertz CT molecular complexity index is 640. The summed E-state index contributed by atoms with van der Waals surface area (Å²) >= 11 is 0. The topological polar surface area (TPSA) is 52.6 Å². The quantitative estimate of drug-likeness (QED) is 0.191. The zero-order chi connectivity index (χ0) is 21.4. The third kappa shape index (κ3) is 13.0. The minimum absolute atomic E-state index is 0.0383. The molecule has 0 aromatic heterocycles. The molecule has 1 rings (SSSR count). The molecule has 0 atom stereocenters. The van der Waals surface area contributed by atoms with Gasteiger partial charge < -0.3 is 4.74 Å². The Morgan fingerprint density at radius 3 is 1.79 bits per heavy atom. The molecule has 0 saturated carbocycles. The van der Waals surface area contributed by atoms with Gasteiger partial charge in [-0.1, -0.05) is 96.1 Å². The molecule has 29 heavy (non-hydrogen) atoms. The van der Waals surface area contributed by atoms with Gasteiger partial charge in [0, 0.05) is 5.56 Å². The van der Waals surface area contributed by atoms with Gasteiger partial charge in [0.2, 0.25) is 0 Å². The Balaban J connectivity index is 2.19. The molecule has 0 aliphatic heterocycles. The second-order valence-corrected chi connectivity index (χ2v) is 9.70. The molecular formula is C24H42O4S. The third-order valence-corrected chi connectivity index (χ3v) is 5.96. The van der Waals surface area contributed by atoms with Crippen LogP contribution in [0.15, 0.2) is 18.2 Å². The van der Waals surface area contributed by atoms with Crippen LogP contribution in [0.5, 0.6) is 5.75 Å². The van der Waals surface area contributed by atoms with E-state index in [2.05, 4.69) is 6.92 Å². The summed E-state index contributed by atoms with van der Waals surface area (Å²) in [5.74, 6) is 0.695. The van der Waals surface area contributed by atoms with Gasteiger partial charge in [0.25, 0.3) is 10.1 Å². The van der Waals surface area contributed by atoms with Crippen molar-refractivity contribution in [2.45, 2.75) is 103 Å². The fourth-order valence-electron chi connectivity index (χ4n) is 3.70. The van der Waals surface area contributed by atoms with E-state index >= 15 is 0 Å². The number of aryl methyl sites for hydroxylation is 1. The van der Waals surface area contributed by atoms with Crippen LogP contribution in [0.1, 0.15) is 102 Å². The monoisotopic (exact) mass is 426 g/mol. The second kappa shape index (κ2) is 15.7. The minimum atomic E-state index is -3.47. The lowest BCUT2D eigenvalue weighted by Gasteiger charge is -2.13. The van der Waals surface area contributed by atoms with Crippen molar-refractivity contribution < 1.29 is 17.3 Å². The smallest absolute Gasteiger partial charge is 0.264 e. The molecular weight excluding hydrogens is 384 g/mol. The van der Waals surface area contributed by atoms with E-state index in [-0.39, 0.29) is 6.61 Å². The van der Waals surface area contributed by atoms with E-state index in [1.54, 1.807) is 7.11 Å². The number of hydrogen-bond donors (Lipinski definition) is 0. The molecule has 168 valence electrons. The van der Waals surface area contributed by atoms with Crippen molar-refractivity contribution in [1.82, 2.24) is 0 Å². The highest BCUT2D eigenvalue weighted by molar-refractivity contribution is 7.85. The van der Waals surface area contributed by atoms with Crippen molar-refractivity contribution in [3.8, 4) is 5.75 Å². The van der Waals surface area contributed by atoms with Crippen LogP contribution >= 0.6 is 0 Å². The highest BCUT2D eigenvalue weighted by Gasteiger charge is 2.12. The fourth-order valence-corrected chi connectivity index (χ4v) is 4.03. The number of benzene rings is 1. The molecule has 1 aromatic carbocycles. The molecule has 0 heterocycles. The molecule has 0 spiro atoms. The van der Waals surface area contributed by atoms with Crippen LogP contribution in [0, 0.1) is 0 Å². The summed E-state index contributed by atoms with van der Waals surface area (Å²) in [4.78, 5) is 0. The average Bonchev–Trinajstić information content (AvgIpc) is 2.69. The lowest BCUT2D eigenvalue weighted by molar-refractivity contribution is 0.301. The summed E-state index contributed by atoms with van der Waals surface area (Å²) < 4.78 is 33.1. The fraction of sp³-hybridized carbons (Fsp3) is 0.750. The van der Waals surface area contributed by atoms with Crippen LogP contribution in [0.4, 0.5) is 0 Å². The summed E-state index contributed by atoms with van der Waals surface area (Å²) in [6, 6.07) is 5.86. The number of ether oxygens (including phenoxy) is 1. The van der Waals surface area contributed by atoms with Crippen molar-refractivity contribution in [2.24, 2.45) is 0 Å². The number of rotatable bonds is 18. The number of methoxy groups -OCH3 is 1. The highest BCUT2D eigenvalue weighted by atomic mass is 32.2. The van der Waals surface area contributed by atoms with Crippen molar-refractivity contribution in [1.29, 1.82) is 0 Å². The van der Waals surface area contributed by atoms with E-state index in [1.165, 1.54) is 77.0 Å². The predicted octanol–water partition coefficient (Wildman–Crippen LogP) is 6.81. The van der Waals surface area contributed by atoms with Crippen molar-refractivity contribution in [2.75, 3.05) is 13.4 Å². The van der Waals surface area contributed by atoms with Crippen LogP contribution in [0.2, 0.25) is 0 Å². The van der Waals surface area contributed by atoms with Crippen LogP contribution < -0.4 is 4.74 Å². The zero-order valence-electron chi connectivity index (χ0n) is 18.9. The molecule has 4 nitrogen and oxygen atoms in total. The standard InChI is InChI=1S/C24H42O4S/c1-4-5-6-7-8-9-10-11-12-13-14-15-16-18-22-19-17-20-24(27-2)23(22)21-28-29(3,25)26/h17,19-20H,4-16,18,21H2,1-3H3. The molecule has 0 bridgehead atoms. The van der Waals surface area contributed by atoms with Crippen molar-refractivity contribution in [3.63, 3.8) is 0 Å². The SMILES string of the molecule is CCCCCCCCCCCCCCCc1cccc(OC)c1COS(C)(=O)=O. The maximum Gasteiger partial charge on any atom is 0.264 e. The molecule has 0 aliphatic carbocycles. The summed E-state index contributed by atoms with van der Waals surface area (Å²) in [5.41, 5.74) is 1.97. The Kier molecular flexibility index (Phi) is 14.1. The summed E-state index contributed by atoms with van der Waals surface area (Å²) in [7, 11) is -1.86. The Morgan fingerprint density at radius 1 is 0.793 bits per heavy atom. The van der Waals surface area contributed by atoms with Gasteiger partial charge in [-0.05, 0) is 24.5 Å². The van der Waals surface area contributed by atoms with E-state index in [9.17, 15) is 8.42 Å². The first-order valence-electron chi connectivity index (χ1n) is 11.5. The summed E-state index contributed by atoms with van der Waals surface area (Å²) in [6.07, 6.45) is 19.4. The molecule has 0 radical (unpaired) electrons. The molecule has 0 fully saturated rings. The maximum atomic E-state index is 11.3. The van der Waals surface area contributed by atoms with Gasteiger partial charge in [-0.2, -0.15) is 8.42 Å². The molecule has 0 unspecified atom stereocenters. The molecule has 0 aliphatic rings. The summed E-state index contributed by atoms with van der Waals surface area (Å²) in [6.45, 7) is 2.31. The zero-order valence-corrected chi connectivity index (χ0v) is 19.7. The molecule has 0 amide bonds. The van der Waals surface area contributed by atoms with Gasteiger partial charge in [0.15, 0.2) is 0 Å². The predicted molar refractivity (Wildman–Crippen MR) is 122 cm³/mol. The van der Waals surface area contributed by atoms with Gasteiger partial charge in [-0.25, -0.2) is 0 Å². The van der Waals surface area contributed by atoms with Gasteiger partial charge in [-0.15, -0.1) is 0 Å². The first kappa shape index (κ1) is 26.0. The Labute approximate surface area is 179 Å². The van der Waals surface area contributed by atoms with E-state index in [0.717, 1.165) is 30.2 Å². The largest absolute Gasteiger partial charge is 0.496 e. The Morgan fingerprint density at radius 2 is 1.31 bits per heavy atom. The van der Waals surface area contributed by atoms with Crippen LogP contribution in [-0.4, -0.2) is 21.8 Å². The van der Waals surface area contributed by atoms with Gasteiger partial charge in [-0.3, -0.25) is 4.18 Å². The van der Waals surface area contributed by atoms with Crippen LogP contribution in [0.3, 0.4) is 0 Å². The molecule has 0 saturated heterocycles. The van der Waals surface area contributed by atoms with Crippen LogP contribution in [-0.2, 0) is 27.3 Å². The van der Waals surface area contributed by atoms with Crippen molar-refractivity contribution in [3.05, 3.63) is 29.3 Å². The minimum Gasteiger partial charge on any atom is -0.496 e. The normalized spacial score (nSPS) is 11.7. The van der Waals surface area contributed by atoms with Gasteiger partial charge in [0.05, 0.1) is 20.0 Å². The number of hydrogen-bond acceptors (Lipinski definition) is 4. The van der Waals surface area contributed by atoms with Crippen LogP contribution in [0.25, 0.3) is 0 Å². The third-order valence-electron chi connectivity index (χ3n) is 5.42. The van der Waals surface area contributed by atoms with E-state index in [0.29, 0.717) is 5.75 Å². The maximum absolute atomic E-state index is 11.3. The number of unbranched alkanes of at least 4 members (excludes halogenated alkanes) is 12. The molecule has 0 N–H and O–H groups in total. The highest BCUT2D eigenvalue weighted by Crippen LogP contribution is 2.25. The molecule has 1 aromatic rings. The Hall–Kier alpha value is -1.07. The molecule has 5 heteroatoms.